The normalized spacial score (nSPS) is 18.5. The zero-order chi connectivity index (χ0) is 14.8. The summed E-state index contributed by atoms with van der Waals surface area (Å²) in [5.74, 6) is 1.52. The Kier molecular flexibility index (Phi) is 4.03. The molecule has 2 heterocycles. The van der Waals surface area contributed by atoms with Gasteiger partial charge in [0.05, 0.1) is 6.54 Å². The highest BCUT2D eigenvalue weighted by Gasteiger charge is 2.31. The first-order valence-electron chi connectivity index (χ1n) is 7.58. The van der Waals surface area contributed by atoms with Crippen molar-refractivity contribution in [3.05, 3.63) is 48.0 Å². The molecule has 1 aromatic carbocycles. The van der Waals surface area contributed by atoms with Gasteiger partial charge in [0.2, 0.25) is 0 Å². The predicted molar refractivity (Wildman–Crippen MR) is 82.4 cm³/mol. The van der Waals surface area contributed by atoms with Gasteiger partial charge < -0.3 is 10.3 Å². The molecule has 2 unspecified atom stereocenters. The number of aromatic nitrogens is 3. The van der Waals surface area contributed by atoms with Gasteiger partial charge in [-0.05, 0) is 11.5 Å². The third-order valence-corrected chi connectivity index (χ3v) is 4.33. The van der Waals surface area contributed by atoms with Crippen LogP contribution in [0.3, 0.4) is 0 Å². The molecule has 2 N–H and O–H groups in total. The first-order valence-corrected chi connectivity index (χ1v) is 7.58. The largest absolute Gasteiger partial charge is 0.323 e. The van der Waals surface area contributed by atoms with Crippen molar-refractivity contribution < 1.29 is 0 Å². The number of hydrogen-bond acceptors (Lipinski definition) is 4. The molecule has 5 heteroatoms. The molecular formula is C16H23N5. The van der Waals surface area contributed by atoms with Crippen LogP contribution in [0.25, 0.3) is 0 Å². The van der Waals surface area contributed by atoms with E-state index in [9.17, 15) is 0 Å². The van der Waals surface area contributed by atoms with Crippen molar-refractivity contribution >= 4 is 0 Å². The van der Waals surface area contributed by atoms with E-state index in [0.29, 0.717) is 12.0 Å². The molecule has 3 rings (SSSR count). The molecule has 0 bridgehead atoms. The maximum Gasteiger partial charge on any atom is 0.147 e. The smallest absolute Gasteiger partial charge is 0.147 e. The minimum absolute atomic E-state index is 0.0145. The molecule has 0 saturated carbocycles. The number of nitrogens with two attached hydrogens (primary N) is 1. The molecule has 0 fully saturated rings. The van der Waals surface area contributed by atoms with Crippen LogP contribution in [0.15, 0.2) is 36.7 Å². The zero-order valence-corrected chi connectivity index (χ0v) is 12.7. The third kappa shape index (κ3) is 2.84. The Hall–Kier alpha value is -1.72. The lowest BCUT2D eigenvalue weighted by molar-refractivity contribution is 0.0980. The summed E-state index contributed by atoms with van der Waals surface area (Å²) in [5, 5.41) is 8.21. The quantitative estimate of drug-likeness (QED) is 0.931. The highest BCUT2D eigenvalue weighted by Crippen LogP contribution is 2.27. The van der Waals surface area contributed by atoms with Gasteiger partial charge in [-0.15, -0.1) is 10.2 Å². The second-order valence-corrected chi connectivity index (χ2v) is 6.08. The van der Waals surface area contributed by atoms with Gasteiger partial charge in [0.25, 0.3) is 0 Å². The second kappa shape index (κ2) is 5.95. The van der Waals surface area contributed by atoms with Crippen LogP contribution in [-0.4, -0.2) is 32.3 Å². The van der Waals surface area contributed by atoms with Crippen LogP contribution >= 0.6 is 0 Å². The Bertz CT molecular complexity index is 577. The Morgan fingerprint density at radius 3 is 2.62 bits per heavy atom. The maximum absolute atomic E-state index is 6.58. The highest BCUT2D eigenvalue weighted by molar-refractivity contribution is 5.20. The average molecular weight is 285 g/mol. The van der Waals surface area contributed by atoms with Crippen molar-refractivity contribution in [3.63, 3.8) is 0 Å². The standard InChI is InChI=1S/C16H23N5/c1-12(2)16(15(17)13-6-4-3-5-7-13)20-8-9-21-11-18-19-14(21)10-20/h3-7,11-12,15-16H,8-10,17H2,1-2H3. The molecule has 1 aliphatic rings. The Labute approximate surface area is 125 Å². The molecule has 0 saturated heterocycles. The van der Waals surface area contributed by atoms with Gasteiger partial charge >= 0.3 is 0 Å². The second-order valence-electron chi connectivity index (χ2n) is 6.08. The number of hydrogen-bond donors (Lipinski definition) is 1. The number of fused-ring (bicyclic) bond motifs is 1. The first-order chi connectivity index (χ1) is 10.2. The molecule has 0 amide bonds. The minimum atomic E-state index is 0.0145. The third-order valence-electron chi connectivity index (χ3n) is 4.33. The van der Waals surface area contributed by atoms with Crippen molar-refractivity contribution in [2.75, 3.05) is 6.54 Å². The lowest BCUT2D eigenvalue weighted by Crippen LogP contribution is -2.49. The van der Waals surface area contributed by atoms with Crippen LogP contribution in [0, 0.1) is 5.92 Å². The van der Waals surface area contributed by atoms with Gasteiger partial charge in [-0.25, -0.2) is 0 Å². The van der Waals surface area contributed by atoms with E-state index in [1.54, 1.807) is 0 Å². The zero-order valence-electron chi connectivity index (χ0n) is 12.7. The van der Waals surface area contributed by atoms with E-state index >= 15 is 0 Å². The van der Waals surface area contributed by atoms with Crippen LogP contribution < -0.4 is 5.73 Å². The van der Waals surface area contributed by atoms with Crippen molar-refractivity contribution in [2.45, 2.75) is 39.0 Å². The fourth-order valence-electron chi connectivity index (χ4n) is 3.28. The molecule has 2 atom stereocenters. The van der Waals surface area contributed by atoms with Crippen LogP contribution in [-0.2, 0) is 13.1 Å². The van der Waals surface area contributed by atoms with Gasteiger partial charge in [-0.3, -0.25) is 4.90 Å². The summed E-state index contributed by atoms with van der Waals surface area (Å²) < 4.78 is 2.13. The van der Waals surface area contributed by atoms with Crippen LogP contribution in [0.5, 0.6) is 0 Å². The van der Waals surface area contributed by atoms with Crippen LogP contribution in [0.2, 0.25) is 0 Å². The molecule has 5 nitrogen and oxygen atoms in total. The Balaban J connectivity index is 1.82. The number of nitrogens with zero attached hydrogens (tertiary/aromatic N) is 4. The number of benzene rings is 1. The fourth-order valence-corrected chi connectivity index (χ4v) is 3.28. The molecule has 1 aliphatic heterocycles. The lowest BCUT2D eigenvalue weighted by atomic mass is 9.90. The Morgan fingerprint density at radius 2 is 1.90 bits per heavy atom. The molecule has 112 valence electrons. The van der Waals surface area contributed by atoms with E-state index < -0.39 is 0 Å². The molecule has 0 aliphatic carbocycles. The monoisotopic (exact) mass is 285 g/mol. The lowest BCUT2D eigenvalue weighted by Gasteiger charge is -2.40. The van der Waals surface area contributed by atoms with Crippen molar-refractivity contribution in [2.24, 2.45) is 11.7 Å². The Morgan fingerprint density at radius 1 is 1.14 bits per heavy atom. The van der Waals surface area contributed by atoms with Gasteiger partial charge in [-0.1, -0.05) is 44.2 Å². The van der Waals surface area contributed by atoms with E-state index in [0.717, 1.165) is 25.5 Å². The van der Waals surface area contributed by atoms with Gasteiger partial charge in [0.15, 0.2) is 0 Å². The highest BCUT2D eigenvalue weighted by atomic mass is 15.3. The maximum atomic E-state index is 6.58. The van der Waals surface area contributed by atoms with E-state index in [1.807, 2.05) is 12.4 Å². The summed E-state index contributed by atoms with van der Waals surface area (Å²) >= 11 is 0. The summed E-state index contributed by atoms with van der Waals surface area (Å²) in [6.07, 6.45) is 1.81. The van der Waals surface area contributed by atoms with Crippen molar-refractivity contribution in [1.82, 2.24) is 19.7 Å². The summed E-state index contributed by atoms with van der Waals surface area (Å²) in [4.78, 5) is 2.45. The number of rotatable bonds is 4. The van der Waals surface area contributed by atoms with Gasteiger partial charge in [0.1, 0.15) is 12.2 Å². The molecule has 2 aromatic rings. The molecule has 1 aromatic heterocycles. The molecule has 0 radical (unpaired) electrons. The van der Waals surface area contributed by atoms with Crippen LogP contribution in [0.1, 0.15) is 31.3 Å². The molecular weight excluding hydrogens is 262 g/mol. The van der Waals surface area contributed by atoms with Gasteiger partial charge in [0, 0.05) is 25.2 Å². The topological polar surface area (TPSA) is 60.0 Å². The summed E-state index contributed by atoms with van der Waals surface area (Å²) in [6.45, 7) is 7.24. The van der Waals surface area contributed by atoms with Gasteiger partial charge in [-0.2, -0.15) is 0 Å². The van der Waals surface area contributed by atoms with E-state index in [2.05, 4.69) is 57.8 Å². The molecule has 21 heavy (non-hydrogen) atoms. The van der Waals surface area contributed by atoms with E-state index in [1.165, 1.54) is 5.56 Å². The average Bonchev–Trinajstić information content (AvgIpc) is 2.95. The summed E-state index contributed by atoms with van der Waals surface area (Å²) in [7, 11) is 0. The summed E-state index contributed by atoms with van der Waals surface area (Å²) in [5.41, 5.74) is 7.78. The van der Waals surface area contributed by atoms with Crippen LogP contribution in [0.4, 0.5) is 0 Å². The molecule has 0 spiro atoms. The van der Waals surface area contributed by atoms with E-state index in [4.69, 9.17) is 5.73 Å². The predicted octanol–water partition coefficient (Wildman–Crippen LogP) is 1.82. The summed E-state index contributed by atoms with van der Waals surface area (Å²) in [6, 6.07) is 10.7. The SMILES string of the molecule is CC(C)C(C(N)c1ccccc1)N1CCn2cnnc2C1. The van der Waals surface area contributed by atoms with Crippen molar-refractivity contribution in [3.8, 4) is 0 Å². The first kappa shape index (κ1) is 14.2. The fraction of sp³-hybridized carbons (Fsp3) is 0.500. The van der Waals surface area contributed by atoms with Crippen molar-refractivity contribution in [1.29, 1.82) is 0 Å². The minimum Gasteiger partial charge on any atom is -0.323 e. The van der Waals surface area contributed by atoms with E-state index in [-0.39, 0.29) is 6.04 Å².